The molecule has 2 fully saturated rings. The molecular formula is C21H25FN6O4. The van der Waals surface area contributed by atoms with E-state index in [1.165, 1.54) is 23.8 Å². The fourth-order valence-corrected chi connectivity index (χ4v) is 4.72. The van der Waals surface area contributed by atoms with Gasteiger partial charge in [-0.25, -0.2) is 18.5 Å². The molecule has 0 aliphatic carbocycles. The largest absolute Gasteiger partial charge is 0.453 e. The minimum Gasteiger partial charge on any atom is -0.453 e. The van der Waals surface area contributed by atoms with Crippen molar-refractivity contribution in [3.05, 3.63) is 40.4 Å². The summed E-state index contributed by atoms with van der Waals surface area (Å²) in [5.74, 6) is 0.250. The number of piperidine rings is 1. The van der Waals surface area contributed by atoms with Gasteiger partial charge in [0.2, 0.25) is 5.89 Å². The molecule has 0 saturated carbocycles. The molecule has 0 atom stereocenters. The fraction of sp³-hybridized carbons (Fsp3) is 0.524. The van der Waals surface area contributed by atoms with Crippen LogP contribution in [0.15, 0.2) is 27.5 Å². The van der Waals surface area contributed by atoms with Gasteiger partial charge in [0.1, 0.15) is 5.82 Å². The smallest absolute Gasteiger partial charge is 0.409 e. The van der Waals surface area contributed by atoms with Crippen molar-refractivity contribution < 1.29 is 18.4 Å². The zero-order chi connectivity index (χ0) is 22.4. The number of hydrogen-bond donors (Lipinski definition) is 0. The van der Waals surface area contributed by atoms with Crippen LogP contribution in [-0.4, -0.2) is 74.5 Å². The molecule has 0 spiro atoms. The lowest BCUT2D eigenvalue weighted by Gasteiger charge is -2.45. The van der Waals surface area contributed by atoms with Crippen LogP contribution in [0.25, 0.3) is 17.0 Å². The van der Waals surface area contributed by atoms with Crippen molar-refractivity contribution in [1.82, 2.24) is 29.1 Å². The summed E-state index contributed by atoms with van der Waals surface area (Å²) in [5, 5.41) is 4.02. The summed E-state index contributed by atoms with van der Waals surface area (Å²) in [7, 11) is 1.40. The normalized spacial score (nSPS) is 18.3. The number of carbonyl (C=O) groups is 1. The van der Waals surface area contributed by atoms with Gasteiger partial charge in [0.15, 0.2) is 0 Å². The van der Waals surface area contributed by atoms with Crippen LogP contribution < -0.4 is 5.69 Å². The monoisotopic (exact) mass is 444 g/mol. The maximum Gasteiger partial charge on any atom is 0.409 e. The summed E-state index contributed by atoms with van der Waals surface area (Å²) in [6.07, 6.45) is 1.52. The number of rotatable bonds is 4. The van der Waals surface area contributed by atoms with Crippen LogP contribution in [0.4, 0.5) is 9.18 Å². The minimum atomic E-state index is -0.434. The predicted molar refractivity (Wildman–Crippen MR) is 112 cm³/mol. The van der Waals surface area contributed by atoms with Gasteiger partial charge in [0.25, 0.3) is 5.95 Å². The number of hydrogen-bond acceptors (Lipinski definition) is 7. The first-order valence-corrected chi connectivity index (χ1v) is 10.8. The summed E-state index contributed by atoms with van der Waals surface area (Å²) in [4.78, 5) is 33.1. The molecule has 0 N–H and O–H groups in total. The van der Waals surface area contributed by atoms with Crippen LogP contribution in [0.2, 0.25) is 0 Å². The molecule has 5 rings (SSSR count). The van der Waals surface area contributed by atoms with E-state index in [0.717, 1.165) is 25.9 Å². The number of aryl methyl sites for hydroxylation is 1. The van der Waals surface area contributed by atoms with E-state index in [0.29, 0.717) is 42.6 Å². The first-order valence-electron chi connectivity index (χ1n) is 10.8. The average molecular weight is 444 g/mol. The van der Waals surface area contributed by atoms with E-state index in [4.69, 9.17) is 9.26 Å². The summed E-state index contributed by atoms with van der Waals surface area (Å²) in [5.41, 5.74) is 0.711. The molecule has 0 bridgehead atoms. The molecule has 170 valence electrons. The second-order valence-corrected chi connectivity index (χ2v) is 8.27. The molecule has 2 saturated heterocycles. The van der Waals surface area contributed by atoms with Crippen LogP contribution in [0.3, 0.4) is 0 Å². The van der Waals surface area contributed by atoms with E-state index in [2.05, 4.69) is 15.0 Å². The molecule has 0 radical (unpaired) electrons. The van der Waals surface area contributed by atoms with Crippen LogP contribution in [-0.2, 0) is 11.3 Å². The average Bonchev–Trinajstić information content (AvgIpc) is 3.33. The Morgan fingerprint density at radius 3 is 2.69 bits per heavy atom. The second-order valence-electron chi connectivity index (χ2n) is 8.27. The number of ether oxygens (including phenoxy) is 1. The van der Waals surface area contributed by atoms with Gasteiger partial charge in [-0.1, -0.05) is 0 Å². The Bertz CT molecular complexity index is 1200. The molecule has 4 heterocycles. The quantitative estimate of drug-likeness (QED) is 0.607. The molecule has 10 nitrogen and oxygen atoms in total. The highest BCUT2D eigenvalue weighted by Gasteiger charge is 2.38. The first kappa shape index (κ1) is 20.7. The van der Waals surface area contributed by atoms with Gasteiger partial charge >= 0.3 is 11.8 Å². The van der Waals surface area contributed by atoms with Crippen LogP contribution >= 0.6 is 0 Å². The molecule has 0 unspecified atom stereocenters. The van der Waals surface area contributed by atoms with E-state index in [9.17, 15) is 14.0 Å². The Hall–Kier alpha value is -3.21. The first-order chi connectivity index (χ1) is 15.5. The standard InChI is InChI=1S/C21H25FN6O4/c1-3-27-16-5-4-14(22)10-17(16)28(20(27)29)19-23-18(32-24-19)13-11-26(12-13)15-6-8-25(9-7-15)21(30)31-2/h4-5,10,13,15H,3,6-9,11-12H2,1-2H3. The Morgan fingerprint density at radius 1 is 1.25 bits per heavy atom. The van der Waals surface area contributed by atoms with E-state index >= 15 is 0 Å². The molecular weight excluding hydrogens is 419 g/mol. The van der Waals surface area contributed by atoms with E-state index in [1.807, 2.05) is 6.92 Å². The number of amides is 1. The maximum atomic E-state index is 13.9. The van der Waals surface area contributed by atoms with Gasteiger partial charge in [-0.3, -0.25) is 9.47 Å². The van der Waals surface area contributed by atoms with Crippen molar-refractivity contribution in [3.8, 4) is 5.95 Å². The van der Waals surface area contributed by atoms with E-state index in [-0.39, 0.29) is 23.6 Å². The van der Waals surface area contributed by atoms with Crippen molar-refractivity contribution in [1.29, 1.82) is 0 Å². The highest BCUT2D eigenvalue weighted by molar-refractivity contribution is 5.77. The number of halogens is 1. The molecule has 3 aromatic rings. The van der Waals surface area contributed by atoms with Gasteiger partial charge in [0.05, 0.1) is 24.1 Å². The Labute approximate surface area is 183 Å². The SMILES string of the molecule is CCn1c(=O)n(-c2noc(C3CN(C4CCN(C(=O)OC)CC4)C3)n2)c2cc(F)ccc21. The number of aromatic nitrogens is 4. The number of carbonyl (C=O) groups excluding carboxylic acids is 1. The minimum absolute atomic E-state index is 0.0850. The van der Waals surface area contributed by atoms with Crippen molar-refractivity contribution in [3.63, 3.8) is 0 Å². The summed E-state index contributed by atoms with van der Waals surface area (Å²) in [6.45, 7) is 5.24. The molecule has 1 aromatic carbocycles. The van der Waals surface area contributed by atoms with E-state index in [1.54, 1.807) is 15.5 Å². The predicted octanol–water partition coefficient (Wildman–Crippen LogP) is 1.96. The van der Waals surface area contributed by atoms with Gasteiger partial charge in [-0.05, 0) is 37.1 Å². The topological polar surface area (TPSA) is 98.6 Å². The van der Waals surface area contributed by atoms with Crippen LogP contribution in [0.5, 0.6) is 0 Å². The maximum absolute atomic E-state index is 13.9. The number of nitrogens with zero attached hydrogens (tertiary/aromatic N) is 6. The zero-order valence-corrected chi connectivity index (χ0v) is 18.0. The second kappa shape index (κ2) is 8.05. The van der Waals surface area contributed by atoms with Crippen molar-refractivity contribution >= 4 is 17.1 Å². The van der Waals surface area contributed by atoms with E-state index < -0.39 is 5.82 Å². The number of likely N-dealkylation sites (tertiary alicyclic amines) is 2. The zero-order valence-electron chi connectivity index (χ0n) is 18.0. The third-order valence-electron chi connectivity index (χ3n) is 6.51. The Balaban J connectivity index is 1.29. The van der Waals surface area contributed by atoms with Crippen molar-refractivity contribution in [2.75, 3.05) is 33.3 Å². The molecule has 11 heteroatoms. The van der Waals surface area contributed by atoms with Crippen LogP contribution in [0.1, 0.15) is 31.6 Å². The third kappa shape index (κ3) is 3.36. The number of methoxy groups -OCH3 is 1. The van der Waals surface area contributed by atoms with Gasteiger partial charge in [-0.15, -0.1) is 0 Å². The Morgan fingerprint density at radius 2 is 2.00 bits per heavy atom. The lowest BCUT2D eigenvalue weighted by molar-refractivity contribution is 0.0353. The van der Waals surface area contributed by atoms with Gasteiger partial charge in [0, 0.05) is 44.8 Å². The lowest BCUT2D eigenvalue weighted by Crippen LogP contribution is -2.54. The van der Waals surface area contributed by atoms with Crippen LogP contribution in [0, 0.1) is 5.82 Å². The number of imidazole rings is 1. The summed E-state index contributed by atoms with van der Waals surface area (Å²) in [6, 6.07) is 4.63. The molecule has 2 aliphatic heterocycles. The Kier molecular flexibility index (Phi) is 5.20. The highest BCUT2D eigenvalue weighted by atomic mass is 19.1. The molecule has 1 amide bonds. The van der Waals surface area contributed by atoms with Crippen molar-refractivity contribution in [2.45, 2.75) is 38.3 Å². The lowest BCUT2D eigenvalue weighted by atomic mass is 9.93. The summed E-state index contributed by atoms with van der Waals surface area (Å²) >= 11 is 0. The highest BCUT2D eigenvalue weighted by Crippen LogP contribution is 2.31. The number of benzene rings is 1. The summed E-state index contributed by atoms with van der Waals surface area (Å²) < 4.78 is 27.0. The van der Waals surface area contributed by atoms with Crippen molar-refractivity contribution in [2.24, 2.45) is 0 Å². The van der Waals surface area contributed by atoms with Gasteiger partial charge < -0.3 is 14.2 Å². The third-order valence-corrected chi connectivity index (χ3v) is 6.51. The molecule has 32 heavy (non-hydrogen) atoms. The number of fused-ring (bicyclic) bond motifs is 1. The van der Waals surface area contributed by atoms with Gasteiger partial charge in [-0.2, -0.15) is 4.98 Å². The fourth-order valence-electron chi connectivity index (χ4n) is 4.72. The molecule has 2 aromatic heterocycles. The molecule has 2 aliphatic rings.